The van der Waals surface area contributed by atoms with Gasteiger partial charge in [-0.15, -0.1) is 0 Å². The van der Waals surface area contributed by atoms with Crippen molar-refractivity contribution in [2.75, 3.05) is 37.4 Å². The molecule has 0 aliphatic carbocycles. The molecule has 1 aromatic rings. The van der Waals surface area contributed by atoms with Gasteiger partial charge in [-0.2, -0.15) is 15.0 Å². The monoisotopic (exact) mass is 255 g/mol. The van der Waals surface area contributed by atoms with Crippen molar-refractivity contribution in [3.8, 4) is 6.01 Å². The molecule has 0 aliphatic heterocycles. The molecule has 0 fully saturated rings. The number of hydrogen-bond acceptors (Lipinski definition) is 7. The SMILES string of the molecule is CCNc1nc(NCCOC(C)C)nc(OC)n1. The molecule has 102 valence electrons. The Labute approximate surface area is 107 Å². The molecule has 1 rings (SSSR count). The van der Waals surface area contributed by atoms with E-state index in [1.54, 1.807) is 0 Å². The Morgan fingerprint density at radius 2 is 1.78 bits per heavy atom. The van der Waals surface area contributed by atoms with Crippen LogP contribution in [0.5, 0.6) is 6.01 Å². The number of ether oxygens (including phenoxy) is 2. The number of methoxy groups -OCH3 is 1. The van der Waals surface area contributed by atoms with Crippen LogP contribution in [0.15, 0.2) is 0 Å². The Balaban J connectivity index is 2.55. The molecule has 0 saturated heterocycles. The summed E-state index contributed by atoms with van der Waals surface area (Å²) in [4.78, 5) is 12.4. The number of hydrogen-bond donors (Lipinski definition) is 2. The van der Waals surface area contributed by atoms with E-state index in [1.807, 2.05) is 20.8 Å². The van der Waals surface area contributed by atoms with Gasteiger partial charge in [-0.3, -0.25) is 0 Å². The molecule has 0 aliphatic rings. The molecule has 18 heavy (non-hydrogen) atoms. The molecule has 0 amide bonds. The molecule has 2 N–H and O–H groups in total. The van der Waals surface area contributed by atoms with Crippen LogP contribution in [0.2, 0.25) is 0 Å². The van der Waals surface area contributed by atoms with E-state index >= 15 is 0 Å². The van der Waals surface area contributed by atoms with Gasteiger partial charge in [0.15, 0.2) is 0 Å². The largest absolute Gasteiger partial charge is 0.467 e. The first-order chi connectivity index (χ1) is 8.65. The number of anilines is 2. The summed E-state index contributed by atoms with van der Waals surface area (Å²) >= 11 is 0. The summed E-state index contributed by atoms with van der Waals surface area (Å²) in [6, 6.07) is 0.285. The summed E-state index contributed by atoms with van der Waals surface area (Å²) in [5.74, 6) is 0.974. The van der Waals surface area contributed by atoms with Crippen molar-refractivity contribution < 1.29 is 9.47 Å². The zero-order chi connectivity index (χ0) is 13.4. The van der Waals surface area contributed by atoms with Crippen molar-refractivity contribution in [2.45, 2.75) is 26.9 Å². The zero-order valence-corrected chi connectivity index (χ0v) is 11.4. The fraction of sp³-hybridized carbons (Fsp3) is 0.727. The Hall–Kier alpha value is -1.63. The highest BCUT2D eigenvalue weighted by molar-refractivity contribution is 5.35. The third-order valence-electron chi connectivity index (χ3n) is 1.97. The van der Waals surface area contributed by atoms with Crippen molar-refractivity contribution >= 4 is 11.9 Å². The van der Waals surface area contributed by atoms with E-state index in [2.05, 4.69) is 25.6 Å². The molecule has 0 aromatic carbocycles. The smallest absolute Gasteiger partial charge is 0.322 e. The summed E-state index contributed by atoms with van der Waals surface area (Å²) in [7, 11) is 1.52. The second kappa shape index (κ2) is 7.65. The quantitative estimate of drug-likeness (QED) is 0.674. The highest BCUT2D eigenvalue weighted by atomic mass is 16.5. The Bertz CT molecular complexity index is 359. The summed E-state index contributed by atoms with van der Waals surface area (Å²) in [5, 5.41) is 6.08. The lowest BCUT2D eigenvalue weighted by atomic mass is 10.5. The van der Waals surface area contributed by atoms with Gasteiger partial charge in [-0.1, -0.05) is 0 Å². The van der Waals surface area contributed by atoms with Crippen molar-refractivity contribution in [3.05, 3.63) is 0 Å². The van der Waals surface area contributed by atoms with Gasteiger partial charge in [-0.25, -0.2) is 0 Å². The predicted octanol–water partition coefficient (Wildman–Crippen LogP) is 1.15. The predicted molar refractivity (Wildman–Crippen MR) is 70.1 cm³/mol. The highest BCUT2D eigenvalue weighted by Gasteiger charge is 2.05. The molecule has 0 spiro atoms. The van der Waals surface area contributed by atoms with Crippen LogP contribution in [-0.4, -0.2) is 47.9 Å². The second-order valence-corrected chi connectivity index (χ2v) is 3.85. The molecule has 7 heteroatoms. The van der Waals surface area contributed by atoms with E-state index in [-0.39, 0.29) is 12.1 Å². The van der Waals surface area contributed by atoms with Crippen LogP contribution < -0.4 is 15.4 Å². The van der Waals surface area contributed by atoms with Gasteiger partial charge < -0.3 is 20.1 Å². The Morgan fingerprint density at radius 1 is 1.11 bits per heavy atom. The minimum atomic E-state index is 0.219. The molecule has 0 bridgehead atoms. The molecular formula is C11H21N5O2. The lowest BCUT2D eigenvalue weighted by molar-refractivity contribution is 0.0869. The first-order valence-electron chi connectivity index (χ1n) is 6.05. The molecule has 0 radical (unpaired) electrons. The van der Waals surface area contributed by atoms with Crippen LogP contribution in [-0.2, 0) is 4.74 Å². The summed E-state index contributed by atoms with van der Waals surface area (Å²) in [6.45, 7) is 7.94. The minimum absolute atomic E-state index is 0.219. The Kier molecular flexibility index (Phi) is 6.13. The minimum Gasteiger partial charge on any atom is -0.467 e. The first kappa shape index (κ1) is 14.4. The zero-order valence-electron chi connectivity index (χ0n) is 11.4. The Morgan fingerprint density at radius 3 is 2.33 bits per heavy atom. The van der Waals surface area contributed by atoms with Gasteiger partial charge in [0.1, 0.15) is 0 Å². The number of nitrogens with one attached hydrogen (secondary N) is 2. The van der Waals surface area contributed by atoms with Gasteiger partial charge in [0, 0.05) is 13.1 Å². The van der Waals surface area contributed by atoms with E-state index in [1.165, 1.54) is 7.11 Å². The van der Waals surface area contributed by atoms with Gasteiger partial charge in [0.05, 0.1) is 19.8 Å². The van der Waals surface area contributed by atoms with Gasteiger partial charge in [-0.05, 0) is 20.8 Å². The third-order valence-corrected chi connectivity index (χ3v) is 1.97. The van der Waals surface area contributed by atoms with Crippen LogP contribution in [0.3, 0.4) is 0 Å². The van der Waals surface area contributed by atoms with Crippen molar-refractivity contribution in [3.63, 3.8) is 0 Å². The average molecular weight is 255 g/mol. The molecule has 0 unspecified atom stereocenters. The van der Waals surface area contributed by atoms with Crippen molar-refractivity contribution in [1.29, 1.82) is 0 Å². The molecule has 1 heterocycles. The second-order valence-electron chi connectivity index (χ2n) is 3.85. The van der Waals surface area contributed by atoms with Crippen LogP contribution in [0.1, 0.15) is 20.8 Å². The van der Waals surface area contributed by atoms with Gasteiger partial charge in [0.25, 0.3) is 0 Å². The fourth-order valence-electron chi connectivity index (χ4n) is 1.22. The maximum absolute atomic E-state index is 5.42. The van der Waals surface area contributed by atoms with E-state index < -0.39 is 0 Å². The lowest BCUT2D eigenvalue weighted by Gasteiger charge is -2.10. The fourth-order valence-corrected chi connectivity index (χ4v) is 1.22. The molecular weight excluding hydrogens is 234 g/mol. The van der Waals surface area contributed by atoms with Crippen LogP contribution in [0.4, 0.5) is 11.9 Å². The average Bonchev–Trinajstić information content (AvgIpc) is 2.34. The molecule has 0 atom stereocenters. The van der Waals surface area contributed by atoms with E-state index in [0.29, 0.717) is 25.0 Å². The summed E-state index contributed by atoms with van der Waals surface area (Å²) in [5.41, 5.74) is 0. The summed E-state index contributed by atoms with van der Waals surface area (Å²) in [6.07, 6.45) is 0.219. The molecule has 0 saturated carbocycles. The maximum Gasteiger partial charge on any atom is 0.322 e. The van der Waals surface area contributed by atoms with E-state index in [4.69, 9.17) is 9.47 Å². The van der Waals surface area contributed by atoms with Crippen molar-refractivity contribution in [2.24, 2.45) is 0 Å². The molecule has 7 nitrogen and oxygen atoms in total. The highest BCUT2D eigenvalue weighted by Crippen LogP contribution is 2.10. The van der Waals surface area contributed by atoms with Crippen LogP contribution in [0, 0.1) is 0 Å². The van der Waals surface area contributed by atoms with Crippen molar-refractivity contribution in [1.82, 2.24) is 15.0 Å². The number of aromatic nitrogens is 3. The van der Waals surface area contributed by atoms with Gasteiger partial charge >= 0.3 is 6.01 Å². The summed E-state index contributed by atoms with van der Waals surface area (Å²) < 4.78 is 10.4. The number of nitrogens with zero attached hydrogens (tertiary/aromatic N) is 3. The third kappa shape index (κ3) is 5.13. The topological polar surface area (TPSA) is 81.2 Å². The van der Waals surface area contributed by atoms with E-state index in [0.717, 1.165) is 6.54 Å². The first-order valence-corrected chi connectivity index (χ1v) is 6.05. The van der Waals surface area contributed by atoms with Crippen LogP contribution >= 0.6 is 0 Å². The number of rotatable bonds is 8. The van der Waals surface area contributed by atoms with Crippen LogP contribution in [0.25, 0.3) is 0 Å². The lowest BCUT2D eigenvalue weighted by Crippen LogP contribution is -2.16. The maximum atomic E-state index is 5.42. The normalized spacial score (nSPS) is 10.5. The van der Waals surface area contributed by atoms with E-state index in [9.17, 15) is 0 Å². The standard InChI is InChI=1S/C11H21N5O2/c1-5-12-9-14-10(16-11(15-9)17-4)13-6-7-18-8(2)3/h8H,5-7H2,1-4H3,(H2,12,13,14,15,16). The molecule has 1 aromatic heterocycles. The van der Waals surface area contributed by atoms with Gasteiger partial charge in [0.2, 0.25) is 11.9 Å².